The van der Waals surface area contributed by atoms with Crippen molar-refractivity contribution in [1.29, 1.82) is 0 Å². The van der Waals surface area contributed by atoms with Gasteiger partial charge < -0.3 is 14.5 Å². The van der Waals surface area contributed by atoms with E-state index < -0.39 is 0 Å². The molecule has 0 aliphatic carbocycles. The molecule has 0 N–H and O–H groups in total. The van der Waals surface area contributed by atoms with Gasteiger partial charge in [-0.2, -0.15) is 0 Å². The minimum absolute atomic E-state index is 0.0137. The van der Waals surface area contributed by atoms with Gasteiger partial charge in [0.2, 0.25) is 5.88 Å². The fraction of sp³-hybridized carbons (Fsp3) is 0.625. The maximum atomic E-state index is 12.7. The first-order valence-corrected chi connectivity index (χ1v) is 8.09. The number of halogens is 1. The molecule has 2 heterocycles. The fourth-order valence-corrected chi connectivity index (χ4v) is 3.19. The Bertz CT molecular complexity index is 536. The van der Waals surface area contributed by atoms with Crippen molar-refractivity contribution in [3.8, 4) is 5.88 Å². The van der Waals surface area contributed by atoms with Gasteiger partial charge in [0.05, 0.1) is 12.2 Å². The molecule has 122 valence electrons. The van der Waals surface area contributed by atoms with Crippen LogP contribution in [-0.4, -0.2) is 60.5 Å². The number of pyridine rings is 1. The number of nitrogens with zero attached hydrogens (tertiary/aromatic N) is 3. The van der Waals surface area contributed by atoms with Crippen molar-refractivity contribution in [2.24, 2.45) is 5.92 Å². The molecule has 1 amide bonds. The van der Waals surface area contributed by atoms with Crippen LogP contribution < -0.4 is 4.74 Å². The van der Waals surface area contributed by atoms with E-state index in [-0.39, 0.29) is 5.91 Å². The number of ether oxygens (including phenoxy) is 1. The molecule has 0 radical (unpaired) electrons. The molecule has 1 aliphatic rings. The highest BCUT2D eigenvalue weighted by Crippen LogP contribution is 2.27. The molecule has 0 saturated carbocycles. The Morgan fingerprint density at radius 1 is 1.45 bits per heavy atom. The average Bonchev–Trinajstić information content (AvgIpc) is 2.93. The summed E-state index contributed by atoms with van der Waals surface area (Å²) in [6.07, 6.45) is 2.61. The molecule has 5 nitrogen and oxygen atoms in total. The van der Waals surface area contributed by atoms with Crippen LogP contribution in [0, 0.1) is 5.92 Å². The number of likely N-dealkylation sites (N-methyl/N-ethyl adjacent to an activating group) is 1. The van der Waals surface area contributed by atoms with Crippen molar-refractivity contribution in [3.05, 3.63) is 22.8 Å². The van der Waals surface area contributed by atoms with Gasteiger partial charge in [-0.25, -0.2) is 4.98 Å². The van der Waals surface area contributed by atoms with E-state index in [1.54, 1.807) is 12.3 Å². The Kier molecular flexibility index (Phi) is 5.64. The third-order valence-electron chi connectivity index (χ3n) is 4.22. The molecule has 0 aromatic carbocycles. The van der Waals surface area contributed by atoms with Crippen molar-refractivity contribution in [3.63, 3.8) is 0 Å². The third-order valence-corrected chi connectivity index (χ3v) is 4.49. The molecule has 1 aromatic heterocycles. The lowest BCUT2D eigenvalue weighted by molar-refractivity contribution is 0.0780. The molecule has 0 bridgehead atoms. The lowest BCUT2D eigenvalue weighted by Crippen LogP contribution is -2.36. The number of aromatic nitrogens is 1. The first kappa shape index (κ1) is 17.0. The first-order valence-electron chi connectivity index (χ1n) is 7.71. The van der Waals surface area contributed by atoms with E-state index >= 15 is 0 Å². The highest BCUT2D eigenvalue weighted by atomic mass is 35.5. The van der Waals surface area contributed by atoms with E-state index in [0.29, 0.717) is 35.0 Å². The first-order chi connectivity index (χ1) is 10.5. The lowest BCUT2D eigenvalue weighted by Gasteiger charge is -2.23. The largest absolute Gasteiger partial charge is 0.477 e. The van der Waals surface area contributed by atoms with Crippen molar-refractivity contribution >= 4 is 17.5 Å². The summed E-state index contributed by atoms with van der Waals surface area (Å²) in [6.45, 7) is 6.06. The molecule has 22 heavy (non-hydrogen) atoms. The summed E-state index contributed by atoms with van der Waals surface area (Å²) in [5.41, 5.74) is 0.516. The van der Waals surface area contributed by atoms with Gasteiger partial charge in [-0.3, -0.25) is 4.79 Å². The summed E-state index contributed by atoms with van der Waals surface area (Å²) in [5, 5.41) is 0.378. The van der Waals surface area contributed by atoms with E-state index in [9.17, 15) is 4.79 Å². The topological polar surface area (TPSA) is 45.7 Å². The van der Waals surface area contributed by atoms with Gasteiger partial charge in [0.1, 0.15) is 5.02 Å². The lowest BCUT2D eigenvalue weighted by atomic mass is 10.0. The van der Waals surface area contributed by atoms with Crippen LogP contribution in [0.5, 0.6) is 5.88 Å². The Balaban J connectivity index is 2.13. The van der Waals surface area contributed by atoms with Crippen LogP contribution in [0.3, 0.4) is 0 Å². The number of carbonyl (C=O) groups is 1. The number of carbonyl (C=O) groups excluding carboxylic acids is 1. The standard InChI is InChI=1S/C16H24ClN3O2/c1-5-11-9-20(10-14(11)19(3)4)16(21)12-7-13(17)15(18-8-12)22-6-2/h7-8,11,14H,5-6,9-10H2,1-4H3/t11-,14+/m0/s1. The predicted octanol–water partition coefficient (Wildman–Crippen LogP) is 2.55. The van der Waals surface area contributed by atoms with E-state index in [1.165, 1.54) is 0 Å². The SMILES string of the molecule is CCOc1ncc(C(=O)N2C[C@H](CC)[C@H](N(C)C)C2)cc1Cl. The second-order valence-corrected chi connectivity index (χ2v) is 6.26. The zero-order valence-electron chi connectivity index (χ0n) is 13.7. The number of hydrogen-bond acceptors (Lipinski definition) is 4. The second kappa shape index (κ2) is 7.29. The molecule has 6 heteroatoms. The zero-order valence-corrected chi connectivity index (χ0v) is 14.4. The number of rotatable bonds is 5. The predicted molar refractivity (Wildman–Crippen MR) is 87.6 cm³/mol. The molecule has 1 saturated heterocycles. The Morgan fingerprint density at radius 3 is 2.68 bits per heavy atom. The van der Waals surface area contributed by atoms with Crippen LogP contribution in [0.4, 0.5) is 0 Å². The summed E-state index contributed by atoms with van der Waals surface area (Å²) in [7, 11) is 4.13. The molecule has 0 unspecified atom stereocenters. The molecule has 0 spiro atoms. The van der Waals surface area contributed by atoms with E-state index in [0.717, 1.165) is 19.5 Å². The Morgan fingerprint density at radius 2 is 2.18 bits per heavy atom. The molecular weight excluding hydrogens is 302 g/mol. The monoisotopic (exact) mass is 325 g/mol. The quantitative estimate of drug-likeness (QED) is 0.834. The van der Waals surface area contributed by atoms with Crippen LogP contribution in [-0.2, 0) is 0 Å². The Labute approximate surface area is 137 Å². The summed E-state index contributed by atoms with van der Waals surface area (Å²) < 4.78 is 5.31. The smallest absolute Gasteiger partial charge is 0.255 e. The second-order valence-electron chi connectivity index (χ2n) is 5.85. The maximum absolute atomic E-state index is 12.7. The molecule has 2 atom stereocenters. The number of likely N-dealkylation sites (tertiary alicyclic amines) is 1. The summed E-state index contributed by atoms with van der Waals surface area (Å²) in [4.78, 5) is 20.9. The minimum Gasteiger partial charge on any atom is -0.477 e. The maximum Gasteiger partial charge on any atom is 0.255 e. The molecule has 1 fully saturated rings. The van der Waals surface area contributed by atoms with Gasteiger partial charge in [0, 0.05) is 25.3 Å². The van der Waals surface area contributed by atoms with Gasteiger partial charge in [-0.05, 0) is 33.0 Å². The third kappa shape index (κ3) is 3.52. The van der Waals surface area contributed by atoms with Crippen LogP contribution in [0.2, 0.25) is 5.02 Å². The highest BCUT2D eigenvalue weighted by molar-refractivity contribution is 6.32. The van der Waals surface area contributed by atoms with Gasteiger partial charge in [-0.1, -0.05) is 24.9 Å². The number of amides is 1. The molecule has 2 rings (SSSR count). The van der Waals surface area contributed by atoms with Crippen molar-refractivity contribution in [2.45, 2.75) is 26.3 Å². The van der Waals surface area contributed by atoms with Crippen molar-refractivity contribution < 1.29 is 9.53 Å². The highest BCUT2D eigenvalue weighted by Gasteiger charge is 2.35. The van der Waals surface area contributed by atoms with Crippen molar-refractivity contribution in [1.82, 2.24) is 14.8 Å². The normalized spacial score (nSPS) is 21.5. The Hall–Kier alpha value is -1.33. The summed E-state index contributed by atoms with van der Waals surface area (Å²) in [5.74, 6) is 0.866. The van der Waals surface area contributed by atoms with Crippen LogP contribution in [0.15, 0.2) is 12.3 Å². The summed E-state index contributed by atoms with van der Waals surface area (Å²) in [6, 6.07) is 2.05. The van der Waals surface area contributed by atoms with Crippen LogP contribution in [0.25, 0.3) is 0 Å². The summed E-state index contributed by atoms with van der Waals surface area (Å²) >= 11 is 6.13. The number of hydrogen-bond donors (Lipinski definition) is 0. The van der Waals surface area contributed by atoms with E-state index in [1.807, 2.05) is 11.8 Å². The van der Waals surface area contributed by atoms with E-state index in [4.69, 9.17) is 16.3 Å². The minimum atomic E-state index is -0.0137. The van der Waals surface area contributed by atoms with Crippen LogP contribution in [0.1, 0.15) is 30.6 Å². The van der Waals surface area contributed by atoms with Gasteiger partial charge >= 0.3 is 0 Å². The van der Waals surface area contributed by atoms with E-state index in [2.05, 4.69) is 30.9 Å². The van der Waals surface area contributed by atoms with Gasteiger partial charge in [-0.15, -0.1) is 0 Å². The average molecular weight is 326 g/mol. The molecule has 1 aromatic rings. The van der Waals surface area contributed by atoms with Crippen molar-refractivity contribution in [2.75, 3.05) is 33.8 Å². The van der Waals surface area contributed by atoms with Gasteiger partial charge in [0.15, 0.2) is 0 Å². The zero-order chi connectivity index (χ0) is 16.3. The van der Waals surface area contributed by atoms with Crippen LogP contribution >= 0.6 is 11.6 Å². The van der Waals surface area contributed by atoms with Gasteiger partial charge in [0.25, 0.3) is 5.91 Å². The molecular formula is C16H24ClN3O2. The fourth-order valence-electron chi connectivity index (χ4n) is 2.97. The molecule has 1 aliphatic heterocycles.